The zero-order valence-electron chi connectivity index (χ0n) is 18.0. The smallest absolute Gasteiger partial charge is 0.338 e. The molecule has 1 amide bonds. The summed E-state index contributed by atoms with van der Waals surface area (Å²) in [6.45, 7) is -0.133. The molecule has 3 aromatic rings. The standard InChI is InChI=1S/C24H24N2O6S/c1-31-21-11-5-9-19(13-21)15-25-23(27)17-32-24(28)20-10-6-12-22(14-20)33(29,30)26-16-18-7-3-2-4-8-18/h2-14,26H,15-17H2,1H3,(H,25,27). The van der Waals surface area contributed by atoms with Crippen molar-refractivity contribution in [3.05, 3.63) is 95.6 Å². The van der Waals surface area contributed by atoms with Crippen LogP contribution in [0.25, 0.3) is 0 Å². The molecule has 0 saturated heterocycles. The summed E-state index contributed by atoms with van der Waals surface area (Å²) in [6.07, 6.45) is 0. The summed E-state index contributed by atoms with van der Waals surface area (Å²) in [6, 6.07) is 21.7. The van der Waals surface area contributed by atoms with Gasteiger partial charge in [-0.05, 0) is 41.5 Å². The van der Waals surface area contributed by atoms with E-state index < -0.39 is 28.5 Å². The third-order valence-electron chi connectivity index (χ3n) is 4.65. The minimum absolute atomic E-state index is 0.0261. The Morgan fingerprint density at radius 1 is 0.848 bits per heavy atom. The van der Waals surface area contributed by atoms with E-state index in [0.29, 0.717) is 5.75 Å². The van der Waals surface area contributed by atoms with E-state index in [2.05, 4.69) is 10.0 Å². The predicted molar refractivity (Wildman–Crippen MR) is 122 cm³/mol. The van der Waals surface area contributed by atoms with Gasteiger partial charge in [-0.2, -0.15) is 0 Å². The molecular formula is C24H24N2O6S. The van der Waals surface area contributed by atoms with Crippen LogP contribution in [0.15, 0.2) is 83.8 Å². The number of carbonyl (C=O) groups excluding carboxylic acids is 2. The number of esters is 1. The summed E-state index contributed by atoms with van der Waals surface area (Å²) < 4.78 is 37.8. The number of hydrogen-bond acceptors (Lipinski definition) is 6. The fraction of sp³-hybridized carbons (Fsp3) is 0.167. The van der Waals surface area contributed by atoms with Crippen LogP contribution in [0, 0.1) is 0 Å². The number of sulfonamides is 1. The second-order valence-electron chi connectivity index (χ2n) is 7.04. The first-order chi connectivity index (χ1) is 15.9. The van der Waals surface area contributed by atoms with Gasteiger partial charge in [-0.1, -0.05) is 48.5 Å². The molecule has 3 rings (SSSR count). The van der Waals surface area contributed by atoms with Crippen molar-refractivity contribution >= 4 is 21.9 Å². The van der Waals surface area contributed by atoms with Crippen LogP contribution < -0.4 is 14.8 Å². The molecule has 0 unspecified atom stereocenters. The van der Waals surface area contributed by atoms with E-state index in [1.165, 1.54) is 24.3 Å². The zero-order chi connectivity index (χ0) is 23.7. The van der Waals surface area contributed by atoms with Crippen LogP contribution in [0.3, 0.4) is 0 Å². The molecule has 9 heteroatoms. The Kier molecular flexibility index (Phi) is 8.17. The van der Waals surface area contributed by atoms with Crippen LogP contribution in [-0.2, 0) is 32.6 Å². The third-order valence-corrected chi connectivity index (χ3v) is 6.05. The van der Waals surface area contributed by atoms with Gasteiger partial charge in [0.25, 0.3) is 5.91 Å². The van der Waals surface area contributed by atoms with Crippen LogP contribution in [0.1, 0.15) is 21.5 Å². The minimum Gasteiger partial charge on any atom is -0.497 e. The lowest BCUT2D eigenvalue weighted by Gasteiger charge is -2.10. The molecule has 0 aliphatic heterocycles. The molecule has 0 aliphatic rings. The van der Waals surface area contributed by atoms with E-state index in [1.807, 2.05) is 24.3 Å². The van der Waals surface area contributed by atoms with Crippen LogP contribution >= 0.6 is 0 Å². The van der Waals surface area contributed by atoms with Crippen molar-refractivity contribution in [2.45, 2.75) is 18.0 Å². The van der Waals surface area contributed by atoms with Crippen LogP contribution in [-0.4, -0.2) is 34.0 Å². The number of methoxy groups -OCH3 is 1. The molecule has 0 bridgehead atoms. The first-order valence-electron chi connectivity index (χ1n) is 10.1. The average Bonchev–Trinajstić information content (AvgIpc) is 2.85. The lowest BCUT2D eigenvalue weighted by Crippen LogP contribution is -2.28. The molecule has 8 nitrogen and oxygen atoms in total. The van der Waals surface area contributed by atoms with Gasteiger partial charge in [0.1, 0.15) is 5.75 Å². The number of hydrogen-bond donors (Lipinski definition) is 2. The van der Waals surface area contributed by atoms with Gasteiger partial charge in [0.15, 0.2) is 6.61 Å². The number of ether oxygens (including phenoxy) is 2. The summed E-state index contributed by atoms with van der Waals surface area (Å²) in [5.74, 6) is -0.618. The van der Waals surface area contributed by atoms with Crippen molar-refractivity contribution in [2.75, 3.05) is 13.7 Å². The molecule has 0 radical (unpaired) electrons. The Bertz CT molecular complexity index is 1210. The van der Waals surface area contributed by atoms with E-state index in [1.54, 1.807) is 37.4 Å². The normalized spacial score (nSPS) is 10.9. The van der Waals surface area contributed by atoms with Crippen LogP contribution in [0.5, 0.6) is 5.75 Å². The SMILES string of the molecule is COc1cccc(CNC(=O)COC(=O)c2cccc(S(=O)(=O)NCc3ccccc3)c2)c1. The summed E-state index contributed by atoms with van der Waals surface area (Å²) in [5, 5.41) is 2.65. The van der Waals surface area contributed by atoms with Crippen molar-refractivity contribution < 1.29 is 27.5 Å². The van der Waals surface area contributed by atoms with E-state index in [9.17, 15) is 18.0 Å². The maximum absolute atomic E-state index is 12.6. The second-order valence-corrected chi connectivity index (χ2v) is 8.81. The molecule has 0 atom stereocenters. The van der Waals surface area contributed by atoms with Gasteiger partial charge in [0.2, 0.25) is 10.0 Å². The molecular weight excluding hydrogens is 444 g/mol. The molecule has 0 fully saturated rings. The molecule has 0 heterocycles. The topological polar surface area (TPSA) is 111 Å². The van der Waals surface area contributed by atoms with E-state index >= 15 is 0 Å². The Morgan fingerprint density at radius 2 is 1.58 bits per heavy atom. The van der Waals surface area contributed by atoms with E-state index in [0.717, 1.165) is 11.1 Å². The quantitative estimate of drug-likeness (QED) is 0.443. The van der Waals surface area contributed by atoms with Crippen molar-refractivity contribution in [3.8, 4) is 5.75 Å². The number of benzene rings is 3. The van der Waals surface area contributed by atoms with E-state index in [4.69, 9.17) is 9.47 Å². The molecule has 3 aromatic carbocycles. The number of rotatable bonds is 10. The van der Waals surface area contributed by atoms with Gasteiger partial charge in [-0.25, -0.2) is 17.9 Å². The summed E-state index contributed by atoms with van der Waals surface area (Å²) in [4.78, 5) is 24.3. The molecule has 0 spiro atoms. The highest BCUT2D eigenvalue weighted by Crippen LogP contribution is 2.14. The highest BCUT2D eigenvalue weighted by Gasteiger charge is 2.17. The average molecular weight is 469 g/mol. The molecule has 172 valence electrons. The highest BCUT2D eigenvalue weighted by molar-refractivity contribution is 7.89. The van der Waals surface area contributed by atoms with Crippen molar-refractivity contribution in [1.29, 1.82) is 0 Å². The molecule has 0 aliphatic carbocycles. The summed E-state index contributed by atoms with van der Waals surface area (Å²) >= 11 is 0. The second kappa shape index (κ2) is 11.3. The first-order valence-corrected chi connectivity index (χ1v) is 11.6. The maximum Gasteiger partial charge on any atom is 0.338 e. The predicted octanol–water partition coefficient (Wildman–Crippen LogP) is 2.65. The van der Waals surface area contributed by atoms with Crippen molar-refractivity contribution in [3.63, 3.8) is 0 Å². The summed E-state index contributed by atoms with van der Waals surface area (Å²) in [7, 11) is -2.29. The highest BCUT2D eigenvalue weighted by atomic mass is 32.2. The molecule has 2 N–H and O–H groups in total. The zero-order valence-corrected chi connectivity index (χ0v) is 18.8. The largest absolute Gasteiger partial charge is 0.497 e. The number of nitrogens with one attached hydrogen (secondary N) is 2. The van der Waals surface area contributed by atoms with Gasteiger partial charge >= 0.3 is 5.97 Å². The fourth-order valence-corrected chi connectivity index (χ4v) is 3.96. The van der Waals surface area contributed by atoms with Crippen LogP contribution in [0.2, 0.25) is 0 Å². The van der Waals surface area contributed by atoms with Crippen molar-refractivity contribution in [2.24, 2.45) is 0 Å². The Balaban J connectivity index is 1.53. The lowest BCUT2D eigenvalue weighted by molar-refractivity contribution is -0.124. The van der Waals surface area contributed by atoms with E-state index in [-0.39, 0.29) is 23.5 Å². The molecule has 33 heavy (non-hydrogen) atoms. The Labute approximate surface area is 192 Å². The van der Waals surface area contributed by atoms with Gasteiger partial charge in [0.05, 0.1) is 17.6 Å². The van der Waals surface area contributed by atoms with Gasteiger partial charge in [0, 0.05) is 13.1 Å². The maximum atomic E-state index is 12.6. The van der Waals surface area contributed by atoms with Crippen molar-refractivity contribution in [1.82, 2.24) is 10.0 Å². The lowest BCUT2D eigenvalue weighted by atomic mass is 10.2. The Morgan fingerprint density at radius 3 is 2.33 bits per heavy atom. The van der Waals surface area contributed by atoms with Crippen LogP contribution in [0.4, 0.5) is 0 Å². The van der Waals surface area contributed by atoms with Gasteiger partial charge in [-0.15, -0.1) is 0 Å². The summed E-state index contributed by atoms with van der Waals surface area (Å²) in [5.41, 5.74) is 1.66. The molecule has 0 aromatic heterocycles. The Hall–Kier alpha value is -3.69. The fourth-order valence-electron chi connectivity index (χ4n) is 2.90. The van der Waals surface area contributed by atoms with Gasteiger partial charge in [-0.3, -0.25) is 4.79 Å². The molecule has 0 saturated carbocycles. The first kappa shape index (κ1) is 24.0. The number of carbonyl (C=O) groups is 2. The van der Waals surface area contributed by atoms with Gasteiger partial charge < -0.3 is 14.8 Å². The third kappa shape index (κ3) is 7.16. The minimum atomic E-state index is -3.84. The monoisotopic (exact) mass is 468 g/mol. The number of amides is 1.